The van der Waals surface area contributed by atoms with Gasteiger partial charge in [0.1, 0.15) is 62.4 Å². The highest BCUT2D eigenvalue weighted by molar-refractivity contribution is 6.33. The number of aryl methyl sites for hydroxylation is 1. The molecule has 0 aromatic heterocycles. The first-order valence-electron chi connectivity index (χ1n) is 25.1. The van der Waals surface area contributed by atoms with Crippen LogP contribution in [0.5, 0.6) is 23.0 Å². The normalized spacial score (nSPS) is 12.8. The maximum atomic E-state index is 15.1. The average Bonchev–Trinajstić information content (AvgIpc) is 1.43. The number of ether oxygens (including phenoxy) is 13. The number of carbonyl (C=O) groups is 11. The summed E-state index contributed by atoms with van der Waals surface area (Å²) in [5.74, 6) is -9.78. The molecular weight excluding hydrogens is 1160 g/mol. The Balaban J connectivity index is 1.52. The molecule has 26 nitrogen and oxygen atoms in total. The van der Waals surface area contributed by atoms with Gasteiger partial charge in [-0.25, -0.2) is 4.79 Å². The van der Waals surface area contributed by atoms with Crippen molar-refractivity contribution in [1.29, 1.82) is 0 Å². The fraction of sp³-hybridized carbons (Fsp3) is 0.375. The molecule has 2 aliphatic rings. The van der Waals surface area contributed by atoms with Gasteiger partial charge >= 0.3 is 65.7 Å². The van der Waals surface area contributed by atoms with Crippen LogP contribution in [-0.2, 0) is 102 Å². The molecule has 28 heteroatoms. The van der Waals surface area contributed by atoms with Gasteiger partial charge in [0.15, 0.2) is 5.60 Å². The van der Waals surface area contributed by atoms with Crippen molar-refractivity contribution in [2.45, 2.75) is 73.3 Å². The Labute approximate surface area is 489 Å². The molecule has 0 radical (unpaired) electrons. The first-order chi connectivity index (χ1) is 39.6. The minimum absolute atomic E-state index is 0.0177. The fourth-order valence-electron chi connectivity index (χ4n) is 8.83. The highest BCUT2D eigenvalue weighted by Crippen LogP contribution is 2.60. The van der Waals surface area contributed by atoms with Gasteiger partial charge in [-0.1, -0.05) is 43.1 Å². The van der Waals surface area contributed by atoms with Crippen molar-refractivity contribution in [2.24, 2.45) is 0 Å². The van der Waals surface area contributed by atoms with E-state index < -0.39 is 130 Å². The van der Waals surface area contributed by atoms with Crippen LogP contribution in [0, 0.1) is 6.92 Å². The van der Waals surface area contributed by atoms with E-state index in [0.717, 1.165) is 32.6 Å². The van der Waals surface area contributed by atoms with Crippen LogP contribution in [0.25, 0.3) is 0 Å². The summed E-state index contributed by atoms with van der Waals surface area (Å²) >= 11 is 13.8. The van der Waals surface area contributed by atoms with Crippen LogP contribution in [0.1, 0.15) is 99.1 Å². The Morgan fingerprint density at radius 2 is 0.869 bits per heavy atom. The molecule has 0 atom stereocenters. The predicted octanol–water partition coefficient (Wildman–Crippen LogP) is 5.58. The van der Waals surface area contributed by atoms with Crippen LogP contribution in [-0.4, -0.2) is 132 Å². The average molecular weight is 1210 g/mol. The molecule has 0 saturated heterocycles. The van der Waals surface area contributed by atoms with Crippen LogP contribution in [0.4, 0.5) is 11.4 Å². The van der Waals surface area contributed by atoms with Crippen LogP contribution >= 0.6 is 23.2 Å². The van der Waals surface area contributed by atoms with Crippen molar-refractivity contribution in [3.63, 3.8) is 0 Å². The largest absolute Gasteiger partial charge is 0.490 e. The van der Waals surface area contributed by atoms with Gasteiger partial charge in [-0.3, -0.25) is 47.9 Å². The minimum atomic E-state index is -2.11. The van der Waals surface area contributed by atoms with E-state index in [1.807, 2.05) is 0 Å². The summed E-state index contributed by atoms with van der Waals surface area (Å²) in [6, 6.07) is 13.3. The lowest BCUT2D eigenvalue weighted by Crippen LogP contribution is -2.41. The van der Waals surface area contributed by atoms with E-state index in [9.17, 15) is 47.9 Å². The highest BCUT2D eigenvalue weighted by atomic mass is 35.5. The molecule has 6 rings (SSSR count). The summed E-state index contributed by atoms with van der Waals surface area (Å²) in [6.07, 6.45) is 0. The van der Waals surface area contributed by atoms with Crippen LogP contribution in [0.15, 0.2) is 54.6 Å². The SMILES string of the molecule is CC(=O)OCOC(=O)CN(CC(=O)OCOC(C)=O)c1ccc(C)cc1OCCOc1cc(N(CC(=O)OCOC(C)=O)CC(=O)OCOC(C)=O)c2c(c1)C1(OC2=O)c2cc(Cl)c(OC(C)=O)cc2C(C)(C)c2cc(OC(C)=O)c(Cl)cc21. The summed E-state index contributed by atoms with van der Waals surface area (Å²) in [6.45, 7) is 5.17. The zero-order chi connectivity index (χ0) is 61.8. The van der Waals surface area contributed by atoms with E-state index in [1.54, 1.807) is 32.9 Å². The van der Waals surface area contributed by atoms with Gasteiger partial charge < -0.3 is 71.4 Å². The molecule has 4 aromatic rings. The first kappa shape index (κ1) is 64.0. The Hall–Kier alpha value is -9.17. The van der Waals surface area contributed by atoms with Crippen LogP contribution < -0.4 is 28.7 Å². The second-order valence-electron chi connectivity index (χ2n) is 18.9. The molecule has 0 fully saturated rings. The third kappa shape index (κ3) is 15.9. The lowest BCUT2D eigenvalue weighted by Gasteiger charge is -2.45. The van der Waals surface area contributed by atoms with Crippen molar-refractivity contribution in [2.75, 3.05) is 76.4 Å². The summed E-state index contributed by atoms with van der Waals surface area (Å²) in [7, 11) is 0. The van der Waals surface area contributed by atoms with E-state index in [0.29, 0.717) is 16.7 Å². The Morgan fingerprint density at radius 3 is 1.27 bits per heavy atom. The lowest BCUT2D eigenvalue weighted by atomic mass is 9.61. The third-order valence-corrected chi connectivity index (χ3v) is 12.9. The molecule has 0 N–H and O–H groups in total. The number of nitrogens with zero attached hydrogens (tertiary/aromatic N) is 2. The fourth-order valence-corrected chi connectivity index (χ4v) is 9.24. The quantitative estimate of drug-likeness (QED) is 0.0257. The van der Waals surface area contributed by atoms with Gasteiger partial charge in [-0.05, 0) is 66.1 Å². The molecule has 1 spiro atoms. The predicted molar refractivity (Wildman–Crippen MR) is 287 cm³/mol. The maximum absolute atomic E-state index is 15.1. The molecule has 1 aliphatic carbocycles. The van der Waals surface area contributed by atoms with Gasteiger partial charge in [-0.15, -0.1) is 0 Å². The van der Waals surface area contributed by atoms with Crippen molar-refractivity contribution in [3.8, 4) is 23.0 Å². The Kier molecular flexibility index (Phi) is 21.1. The Morgan fingerprint density at radius 1 is 0.464 bits per heavy atom. The standard InChI is InChI=1S/C56H56Cl2N2O24/c1-29-10-11-44(59(21-49(67)78-25-74-30(2)61)22-50(68)79-26-75-31(3)62)48(14-29)73-13-12-72-36-15-41-53(45(16-36)60(23-51(69)80-27-76-32(4)63)24-52(70)81-28-77-33(5)64)54(71)84-56(41)39-17-42(57)46(82-34(6)65)19-37(39)55(8,9)38-20-47(83-35(7)66)43(58)18-40(38)56/h10-11,14-20H,12-13,21-28H2,1-9H3. The van der Waals surface area contributed by atoms with Gasteiger partial charge in [0, 0.05) is 69.7 Å². The van der Waals surface area contributed by atoms with Crippen molar-refractivity contribution < 1.29 is 114 Å². The van der Waals surface area contributed by atoms with Gasteiger partial charge in [-0.2, -0.15) is 0 Å². The van der Waals surface area contributed by atoms with Crippen molar-refractivity contribution in [1.82, 2.24) is 0 Å². The molecule has 4 aromatic carbocycles. The summed E-state index contributed by atoms with van der Waals surface area (Å²) in [5.41, 5.74) is -1.84. The maximum Gasteiger partial charge on any atom is 0.342 e. The number of hydrogen-bond acceptors (Lipinski definition) is 26. The van der Waals surface area contributed by atoms with Crippen molar-refractivity contribution in [3.05, 3.63) is 104 Å². The van der Waals surface area contributed by atoms with E-state index in [-0.39, 0.29) is 79.9 Å². The molecule has 0 bridgehead atoms. The number of halogens is 2. The number of esters is 11. The van der Waals surface area contributed by atoms with E-state index in [1.165, 1.54) is 61.2 Å². The smallest absolute Gasteiger partial charge is 0.342 e. The second-order valence-corrected chi connectivity index (χ2v) is 19.7. The zero-order valence-corrected chi connectivity index (χ0v) is 48.2. The summed E-state index contributed by atoms with van der Waals surface area (Å²) in [4.78, 5) is 141. The van der Waals surface area contributed by atoms with Crippen LogP contribution in [0.2, 0.25) is 10.0 Å². The molecule has 1 aliphatic heterocycles. The highest BCUT2D eigenvalue weighted by Gasteiger charge is 2.58. The molecule has 1 heterocycles. The van der Waals surface area contributed by atoms with E-state index in [4.69, 9.17) is 84.8 Å². The van der Waals surface area contributed by atoms with Gasteiger partial charge in [0.25, 0.3) is 0 Å². The number of fused-ring (bicyclic) bond motifs is 6. The minimum Gasteiger partial charge on any atom is -0.490 e. The molecule has 448 valence electrons. The summed E-state index contributed by atoms with van der Waals surface area (Å²) in [5, 5.41) is -0.224. The van der Waals surface area contributed by atoms with E-state index >= 15 is 4.79 Å². The second kappa shape index (κ2) is 27.7. The zero-order valence-electron chi connectivity index (χ0n) is 46.7. The molecule has 0 amide bonds. The molecule has 84 heavy (non-hydrogen) atoms. The number of hydrogen-bond donors (Lipinski definition) is 0. The number of rotatable bonds is 25. The van der Waals surface area contributed by atoms with Gasteiger partial charge in [0.2, 0.25) is 27.2 Å². The van der Waals surface area contributed by atoms with Crippen molar-refractivity contribution >= 4 is 100 Å². The number of carbonyl (C=O) groups excluding carboxylic acids is 11. The first-order valence-corrected chi connectivity index (χ1v) is 25.9. The topological polar surface area (TPSA) is 314 Å². The number of anilines is 2. The van der Waals surface area contributed by atoms with Crippen LogP contribution in [0.3, 0.4) is 0 Å². The molecule has 0 saturated carbocycles. The Bertz CT molecular complexity index is 3160. The van der Waals surface area contributed by atoms with Gasteiger partial charge in [0.05, 0.1) is 27.0 Å². The molecule has 0 unspecified atom stereocenters. The lowest BCUT2D eigenvalue weighted by molar-refractivity contribution is -0.167. The monoisotopic (exact) mass is 1210 g/mol. The number of benzene rings is 4. The summed E-state index contributed by atoms with van der Waals surface area (Å²) < 4.78 is 69.7. The molecular formula is C56H56Cl2N2O24. The third-order valence-electron chi connectivity index (χ3n) is 12.3. The van der Waals surface area contributed by atoms with E-state index in [2.05, 4.69) is 0 Å².